The third-order valence-electron chi connectivity index (χ3n) is 2.85. The van der Waals surface area contributed by atoms with Crippen molar-refractivity contribution in [2.75, 3.05) is 7.11 Å². The first kappa shape index (κ1) is 14.3. The predicted octanol–water partition coefficient (Wildman–Crippen LogP) is 4.30. The maximum atomic E-state index is 13.5. The van der Waals surface area contributed by atoms with Gasteiger partial charge in [0.1, 0.15) is 11.6 Å². The van der Waals surface area contributed by atoms with Gasteiger partial charge in [-0.3, -0.25) is 0 Å². The Hall–Kier alpha value is -1.10. The molecule has 1 atom stereocenters. The second-order valence-electron chi connectivity index (χ2n) is 4.01. The van der Waals surface area contributed by atoms with E-state index in [9.17, 15) is 4.39 Å². The first-order chi connectivity index (χ1) is 9.04. The fraction of sp³-hybridized carbons (Fsp3) is 0.143. The van der Waals surface area contributed by atoms with Gasteiger partial charge in [-0.2, -0.15) is 0 Å². The third-order valence-corrected chi connectivity index (χ3v) is 3.80. The molecule has 0 saturated carbocycles. The molecule has 0 aliphatic heterocycles. The Morgan fingerprint density at radius 3 is 2.58 bits per heavy atom. The van der Waals surface area contributed by atoms with E-state index in [0.29, 0.717) is 20.8 Å². The normalized spacial score (nSPS) is 12.3. The van der Waals surface area contributed by atoms with Crippen LogP contribution in [-0.4, -0.2) is 7.11 Å². The zero-order valence-electron chi connectivity index (χ0n) is 10.2. The molecule has 0 aromatic heterocycles. The van der Waals surface area contributed by atoms with Crippen molar-refractivity contribution in [1.82, 2.24) is 0 Å². The van der Waals surface area contributed by atoms with Gasteiger partial charge < -0.3 is 10.5 Å². The average molecular weight is 345 g/mol. The second kappa shape index (κ2) is 5.90. The van der Waals surface area contributed by atoms with Crippen LogP contribution in [0.15, 0.2) is 40.9 Å². The van der Waals surface area contributed by atoms with Crippen molar-refractivity contribution < 1.29 is 9.13 Å². The highest BCUT2D eigenvalue weighted by molar-refractivity contribution is 9.10. The van der Waals surface area contributed by atoms with Gasteiger partial charge in [0.05, 0.1) is 17.6 Å². The largest absolute Gasteiger partial charge is 0.496 e. The molecular weight excluding hydrogens is 333 g/mol. The Bertz CT molecular complexity index is 606. The maximum Gasteiger partial charge on any atom is 0.141 e. The monoisotopic (exact) mass is 343 g/mol. The molecule has 19 heavy (non-hydrogen) atoms. The van der Waals surface area contributed by atoms with Gasteiger partial charge in [-0.15, -0.1) is 0 Å². The van der Waals surface area contributed by atoms with E-state index in [4.69, 9.17) is 22.1 Å². The van der Waals surface area contributed by atoms with Crippen molar-refractivity contribution in [3.63, 3.8) is 0 Å². The van der Waals surface area contributed by atoms with Crippen molar-refractivity contribution in [1.29, 1.82) is 0 Å². The van der Waals surface area contributed by atoms with Gasteiger partial charge in [-0.05, 0) is 33.6 Å². The number of hydrogen-bond donors (Lipinski definition) is 1. The zero-order chi connectivity index (χ0) is 14.0. The fourth-order valence-electron chi connectivity index (χ4n) is 1.86. The second-order valence-corrected chi connectivity index (χ2v) is 5.27. The molecule has 5 heteroatoms. The van der Waals surface area contributed by atoms with Gasteiger partial charge in [0.2, 0.25) is 0 Å². The lowest BCUT2D eigenvalue weighted by atomic mass is 9.98. The Labute approximate surface area is 124 Å². The van der Waals surface area contributed by atoms with Crippen LogP contribution < -0.4 is 10.5 Å². The summed E-state index contributed by atoms with van der Waals surface area (Å²) in [5.41, 5.74) is 7.64. The standard InChI is InChI=1S/C14H12BrClFNO/c1-19-13-7-12(17)10(15)6-9(13)14(18)8-4-2-3-5-11(8)16/h2-7,14H,18H2,1H3. The molecular formula is C14H12BrClFNO. The maximum absolute atomic E-state index is 13.5. The molecule has 2 rings (SSSR count). The van der Waals surface area contributed by atoms with Gasteiger partial charge in [0.25, 0.3) is 0 Å². The molecule has 1 unspecified atom stereocenters. The first-order valence-corrected chi connectivity index (χ1v) is 6.74. The topological polar surface area (TPSA) is 35.2 Å². The lowest BCUT2D eigenvalue weighted by Crippen LogP contribution is -2.14. The SMILES string of the molecule is COc1cc(F)c(Br)cc1C(N)c1ccccc1Cl. The summed E-state index contributed by atoms with van der Waals surface area (Å²) in [6, 6.07) is 9.72. The molecule has 0 radical (unpaired) electrons. The number of halogens is 3. The predicted molar refractivity (Wildman–Crippen MR) is 78.1 cm³/mol. The zero-order valence-corrected chi connectivity index (χ0v) is 12.5. The highest BCUT2D eigenvalue weighted by Crippen LogP contribution is 2.34. The third kappa shape index (κ3) is 2.91. The first-order valence-electron chi connectivity index (χ1n) is 5.57. The van der Waals surface area contributed by atoms with Crippen LogP contribution >= 0.6 is 27.5 Å². The van der Waals surface area contributed by atoms with Crippen molar-refractivity contribution in [3.8, 4) is 5.75 Å². The highest BCUT2D eigenvalue weighted by atomic mass is 79.9. The number of rotatable bonds is 3. The number of benzene rings is 2. The number of ether oxygens (including phenoxy) is 1. The highest BCUT2D eigenvalue weighted by Gasteiger charge is 2.18. The lowest BCUT2D eigenvalue weighted by molar-refractivity contribution is 0.404. The van der Waals surface area contributed by atoms with Crippen molar-refractivity contribution >= 4 is 27.5 Å². The fourth-order valence-corrected chi connectivity index (χ4v) is 2.47. The van der Waals surface area contributed by atoms with E-state index in [1.54, 1.807) is 12.1 Å². The van der Waals surface area contributed by atoms with E-state index in [-0.39, 0.29) is 0 Å². The summed E-state index contributed by atoms with van der Waals surface area (Å²) < 4.78 is 19.0. The van der Waals surface area contributed by atoms with Crippen LogP contribution in [0.4, 0.5) is 4.39 Å². The molecule has 2 nitrogen and oxygen atoms in total. The van der Waals surface area contributed by atoms with Crippen molar-refractivity contribution in [2.24, 2.45) is 5.73 Å². The molecule has 0 saturated heterocycles. The number of hydrogen-bond acceptors (Lipinski definition) is 2. The Morgan fingerprint density at radius 1 is 1.26 bits per heavy atom. The van der Waals surface area contributed by atoms with Crippen molar-refractivity contribution in [3.05, 3.63) is 62.8 Å². The van der Waals surface area contributed by atoms with Crippen LogP contribution in [0, 0.1) is 5.82 Å². The minimum atomic E-state index is -0.486. The molecule has 0 aliphatic rings. The summed E-state index contributed by atoms with van der Waals surface area (Å²) in [5.74, 6) is 0.0000725. The van der Waals surface area contributed by atoms with Crippen LogP contribution in [0.3, 0.4) is 0 Å². The van der Waals surface area contributed by atoms with Gasteiger partial charge in [0.15, 0.2) is 0 Å². The molecule has 2 aromatic rings. The molecule has 0 bridgehead atoms. The van der Waals surface area contributed by atoms with Gasteiger partial charge in [0, 0.05) is 16.7 Å². The summed E-state index contributed by atoms with van der Waals surface area (Å²) in [6.45, 7) is 0. The van der Waals surface area contributed by atoms with Crippen molar-refractivity contribution in [2.45, 2.75) is 6.04 Å². The smallest absolute Gasteiger partial charge is 0.141 e. The van der Waals surface area contributed by atoms with Crippen LogP contribution in [0.25, 0.3) is 0 Å². The molecule has 0 amide bonds. The molecule has 0 heterocycles. The molecule has 0 aliphatic carbocycles. The number of methoxy groups -OCH3 is 1. The van der Waals surface area contributed by atoms with E-state index < -0.39 is 11.9 Å². The van der Waals surface area contributed by atoms with Gasteiger partial charge >= 0.3 is 0 Å². The summed E-state index contributed by atoms with van der Waals surface area (Å²) in [7, 11) is 1.48. The quantitative estimate of drug-likeness (QED) is 0.901. The van der Waals surface area contributed by atoms with E-state index in [1.165, 1.54) is 13.2 Å². The van der Waals surface area contributed by atoms with Crippen LogP contribution in [0.5, 0.6) is 5.75 Å². The Balaban J connectivity index is 2.52. The Morgan fingerprint density at radius 2 is 1.95 bits per heavy atom. The van der Waals surface area contributed by atoms with Gasteiger partial charge in [-0.25, -0.2) is 4.39 Å². The van der Waals surface area contributed by atoms with Crippen LogP contribution in [-0.2, 0) is 0 Å². The van der Waals surface area contributed by atoms with Crippen LogP contribution in [0.1, 0.15) is 17.2 Å². The molecule has 2 N–H and O–H groups in total. The molecule has 0 fully saturated rings. The number of nitrogens with two attached hydrogens (primary N) is 1. The van der Waals surface area contributed by atoms with Crippen LogP contribution in [0.2, 0.25) is 5.02 Å². The minimum Gasteiger partial charge on any atom is -0.496 e. The summed E-state index contributed by atoms with van der Waals surface area (Å²) in [4.78, 5) is 0. The average Bonchev–Trinajstić information content (AvgIpc) is 2.41. The molecule has 100 valence electrons. The summed E-state index contributed by atoms with van der Waals surface area (Å²) in [5, 5.41) is 0.567. The van der Waals surface area contributed by atoms with E-state index in [2.05, 4.69) is 15.9 Å². The minimum absolute atomic E-state index is 0.339. The van der Waals surface area contributed by atoms with E-state index in [0.717, 1.165) is 5.56 Å². The lowest BCUT2D eigenvalue weighted by Gasteiger charge is -2.18. The molecule has 0 spiro atoms. The molecule has 2 aromatic carbocycles. The summed E-state index contributed by atoms with van der Waals surface area (Å²) in [6.07, 6.45) is 0. The Kier molecular flexibility index (Phi) is 4.45. The summed E-state index contributed by atoms with van der Waals surface area (Å²) >= 11 is 9.28. The van der Waals surface area contributed by atoms with E-state index in [1.807, 2.05) is 18.2 Å². The van der Waals surface area contributed by atoms with Gasteiger partial charge in [-0.1, -0.05) is 29.8 Å². The van der Waals surface area contributed by atoms with E-state index >= 15 is 0 Å².